The first-order valence-corrected chi connectivity index (χ1v) is 13.4. The van der Waals surface area contributed by atoms with E-state index in [0.29, 0.717) is 20.5 Å². The van der Waals surface area contributed by atoms with Crippen LogP contribution in [-0.4, -0.2) is 15.2 Å². The smallest absolute Gasteiger partial charge is 0.263 e. The fourth-order valence-corrected chi connectivity index (χ4v) is 8.50. The summed E-state index contributed by atoms with van der Waals surface area (Å²) in [5.41, 5.74) is 6.83. The molecule has 34 heavy (non-hydrogen) atoms. The molecule has 172 valence electrons. The average molecular weight is 487 g/mol. The Balaban J connectivity index is 1.30. The number of nitrogens with one attached hydrogen (secondary N) is 1. The first kappa shape index (κ1) is 20.9. The lowest BCUT2D eigenvalue weighted by molar-refractivity contribution is -0.115. The minimum absolute atomic E-state index is 0.124. The fraction of sp³-hybridized carbons (Fsp3) is 0.393. The molecule has 6 heteroatoms. The van der Waals surface area contributed by atoms with Gasteiger partial charge in [0, 0.05) is 12.5 Å². The molecule has 0 unspecified atom stereocenters. The molecule has 1 amide bonds. The van der Waals surface area contributed by atoms with Crippen LogP contribution in [0.3, 0.4) is 0 Å². The average Bonchev–Trinajstić information content (AvgIpc) is 3.32. The van der Waals surface area contributed by atoms with E-state index in [1.54, 1.807) is 0 Å². The van der Waals surface area contributed by atoms with E-state index in [1.165, 1.54) is 55.9 Å². The molecule has 1 N–H and O–H groups in total. The largest absolute Gasteiger partial charge is 0.440 e. The summed E-state index contributed by atoms with van der Waals surface area (Å²) >= 11 is 6.41. The summed E-state index contributed by atoms with van der Waals surface area (Å²) in [6.07, 6.45) is 10.2. The SMILES string of the molecule is Cc1nc2cc(C34CC5CC(CC(C5)C3)C4)cc(-c3ccc(C=C4SC(=S)NC4=O)cc3)c2o1. The first-order chi connectivity index (χ1) is 16.4. The highest BCUT2D eigenvalue weighted by atomic mass is 32.2. The van der Waals surface area contributed by atoms with Gasteiger partial charge in [0.15, 0.2) is 11.5 Å². The first-order valence-electron chi connectivity index (χ1n) is 12.2. The van der Waals surface area contributed by atoms with Crippen LogP contribution in [0.1, 0.15) is 55.5 Å². The molecule has 8 rings (SSSR count). The number of oxazole rings is 1. The number of amides is 1. The highest BCUT2D eigenvalue weighted by Crippen LogP contribution is 2.61. The van der Waals surface area contributed by atoms with Gasteiger partial charge in [0.25, 0.3) is 5.91 Å². The Kier molecular flexibility index (Phi) is 4.63. The van der Waals surface area contributed by atoms with E-state index in [4.69, 9.17) is 21.6 Å². The van der Waals surface area contributed by atoms with Crippen molar-refractivity contribution >= 4 is 51.4 Å². The Morgan fingerprint density at radius 1 is 1.09 bits per heavy atom. The molecule has 4 saturated carbocycles. The van der Waals surface area contributed by atoms with Gasteiger partial charge in [0.05, 0.1) is 4.91 Å². The standard InChI is InChI=1S/C28H26N2O2S2/c1-15-29-23-11-21(28-12-17-6-18(13-28)8-19(7-17)14-28)10-22(25(23)32-15)20-4-2-16(3-5-20)9-24-26(31)30-27(33)34-24/h2-5,9-11,17-19H,6-8,12-14H2,1H3,(H,30,31,33). The van der Waals surface area contributed by atoms with Gasteiger partial charge in [-0.05, 0) is 96.6 Å². The number of thiocarbonyl (C=S) groups is 1. The summed E-state index contributed by atoms with van der Waals surface area (Å²) in [6, 6.07) is 13.1. The number of carbonyl (C=O) groups excluding carboxylic acids is 1. The minimum atomic E-state index is -0.124. The predicted molar refractivity (Wildman–Crippen MR) is 140 cm³/mol. The number of fused-ring (bicyclic) bond motifs is 1. The number of aryl methyl sites for hydroxylation is 1. The van der Waals surface area contributed by atoms with E-state index < -0.39 is 0 Å². The highest BCUT2D eigenvalue weighted by Gasteiger charge is 2.51. The summed E-state index contributed by atoms with van der Waals surface area (Å²) in [6.45, 7) is 1.93. The maximum Gasteiger partial charge on any atom is 0.263 e. The van der Waals surface area contributed by atoms with Crippen molar-refractivity contribution in [3.63, 3.8) is 0 Å². The molecule has 0 spiro atoms. The van der Waals surface area contributed by atoms with Crippen LogP contribution in [0.25, 0.3) is 28.3 Å². The third-order valence-electron chi connectivity index (χ3n) is 8.41. The molecule has 4 aliphatic carbocycles. The number of hydrogen-bond acceptors (Lipinski definition) is 5. The van der Waals surface area contributed by atoms with E-state index in [0.717, 1.165) is 45.5 Å². The maximum atomic E-state index is 12.0. The Hall–Kier alpha value is -2.44. The molecule has 5 aliphatic rings. The normalized spacial score (nSPS) is 31.1. The summed E-state index contributed by atoms with van der Waals surface area (Å²) in [7, 11) is 0. The van der Waals surface area contributed by atoms with E-state index in [2.05, 4.69) is 41.7 Å². The molecule has 1 aliphatic heterocycles. The third kappa shape index (κ3) is 3.37. The van der Waals surface area contributed by atoms with Gasteiger partial charge < -0.3 is 9.73 Å². The number of aromatic nitrogens is 1. The molecule has 4 nitrogen and oxygen atoms in total. The zero-order valence-corrected chi connectivity index (χ0v) is 20.7. The summed E-state index contributed by atoms with van der Waals surface area (Å²) in [5, 5.41) is 2.67. The van der Waals surface area contributed by atoms with Gasteiger partial charge in [-0.25, -0.2) is 4.98 Å². The number of hydrogen-bond donors (Lipinski definition) is 1. The third-order valence-corrected chi connectivity index (χ3v) is 9.57. The highest BCUT2D eigenvalue weighted by molar-refractivity contribution is 8.26. The van der Waals surface area contributed by atoms with E-state index >= 15 is 0 Å². The maximum absolute atomic E-state index is 12.0. The second kappa shape index (κ2) is 7.53. The summed E-state index contributed by atoms with van der Waals surface area (Å²) in [4.78, 5) is 17.4. The molecule has 2 heterocycles. The van der Waals surface area contributed by atoms with Crippen LogP contribution in [0.5, 0.6) is 0 Å². The number of nitrogens with zero attached hydrogens (tertiary/aromatic N) is 1. The summed E-state index contributed by atoms with van der Waals surface area (Å²) in [5.74, 6) is 3.28. The van der Waals surface area contributed by atoms with Gasteiger partial charge >= 0.3 is 0 Å². The monoisotopic (exact) mass is 486 g/mol. The van der Waals surface area contributed by atoms with Crippen LogP contribution in [0.4, 0.5) is 0 Å². The lowest BCUT2D eigenvalue weighted by atomic mass is 9.48. The fourth-order valence-electron chi connectivity index (χ4n) is 7.46. The van der Waals surface area contributed by atoms with Crippen molar-refractivity contribution in [2.45, 2.75) is 50.9 Å². The number of thioether (sulfide) groups is 1. The molecular weight excluding hydrogens is 460 g/mol. The van der Waals surface area contributed by atoms with E-state index in [9.17, 15) is 4.79 Å². The second-order valence-electron chi connectivity index (χ2n) is 10.8. The van der Waals surface area contributed by atoms with Gasteiger partial charge in [-0.15, -0.1) is 0 Å². The minimum Gasteiger partial charge on any atom is -0.440 e. The Morgan fingerprint density at radius 2 is 1.76 bits per heavy atom. The van der Waals surface area contributed by atoms with Gasteiger partial charge in [0.1, 0.15) is 9.84 Å². The Bertz CT molecular complexity index is 1350. The van der Waals surface area contributed by atoms with Crippen molar-refractivity contribution in [3.8, 4) is 11.1 Å². The lowest BCUT2D eigenvalue weighted by Gasteiger charge is -2.57. The molecule has 2 aromatic carbocycles. The lowest BCUT2D eigenvalue weighted by Crippen LogP contribution is -2.48. The molecule has 0 atom stereocenters. The van der Waals surface area contributed by atoms with Crippen molar-refractivity contribution in [3.05, 3.63) is 58.3 Å². The Morgan fingerprint density at radius 3 is 2.38 bits per heavy atom. The van der Waals surface area contributed by atoms with E-state index in [-0.39, 0.29) is 5.91 Å². The van der Waals surface area contributed by atoms with Gasteiger partial charge in [0.2, 0.25) is 0 Å². The van der Waals surface area contributed by atoms with Crippen molar-refractivity contribution in [2.24, 2.45) is 17.8 Å². The van der Waals surface area contributed by atoms with Crippen molar-refractivity contribution < 1.29 is 9.21 Å². The van der Waals surface area contributed by atoms with Gasteiger partial charge in [-0.1, -0.05) is 48.2 Å². The topological polar surface area (TPSA) is 55.1 Å². The number of rotatable bonds is 3. The predicted octanol–water partition coefficient (Wildman–Crippen LogP) is 6.76. The van der Waals surface area contributed by atoms with Crippen LogP contribution >= 0.6 is 24.0 Å². The van der Waals surface area contributed by atoms with Crippen LogP contribution in [0, 0.1) is 24.7 Å². The Labute approximate surface area is 208 Å². The van der Waals surface area contributed by atoms with Crippen molar-refractivity contribution in [2.75, 3.05) is 0 Å². The number of benzene rings is 2. The zero-order valence-electron chi connectivity index (χ0n) is 19.1. The quantitative estimate of drug-likeness (QED) is 0.327. The van der Waals surface area contributed by atoms with Crippen LogP contribution in [-0.2, 0) is 10.2 Å². The molecule has 4 bridgehead atoms. The second-order valence-corrected chi connectivity index (χ2v) is 12.5. The molecule has 1 saturated heterocycles. The van der Waals surface area contributed by atoms with Crippen LogP contribution in [0.2, 0.25) is 0 Å². The van der Waals surface area contributed by atoms with Gasteiger partial charge in [-0.2, -0.15) is 0 Å². The molecule has 0 radical (unpaired) electrons. The van der Waals surface area contributed by atoms with E-state index in [1.807, 2.05) is 13.0 Å². The molecule has 5 fully saturated rings. The van der Waals surface area contributed by atoms with Crippen molar-refractivity contribution in [1.29, 1.82) is 0 Å². The number of carbonyl (C=O) groups is 1. The van der Waals surface area contributed by atoms with Crippen LogP contribution in [0.15, 0.2) is 45.7 Å². The molecule has 1 aromatic heterocycles. The van der Waals surface area contributed by atoms with Gasteiger partial charge in [-0.3, -0.25) is 4.79 Å². The molecule has 3 aromatic rings. The molecular formula is C28H26N2O2S2. The zero-order chi connectivity index (χ0) is 23.0. The summed E-state index contributed by atoms with van der Waals surface area (Å²) < 4.78 is 6.61. The van der Waals surface area contributed by atoms with Crippen LogP contribution < -0.4 is 5.32 Å². The van der Waals surface area contributed by atoms with Crippen molar-refractivity contribution in [1.82, 2.24) is 10.3 Å².